The van der Waals surface area contributed by atoms with Gasteiger partial charge in [-0.05, 0) is 20.8 Å². The number of methoxy groups -OCH3 is 1. The third kappa shape index (κ3) is 4.44. The van der Waals surface area contributed by atoms with E-state index < -0.39 is 0 Å². The molecule has 1 rings (SSSR count). The van der Waals surface area contributed by atoms with Crippen molar-refractivity contribution in [3.05, 3.63) is 17.0 Å². The van der Waals surface area contributed by atoms with Gasteiger partial charge in [0.2, 0.25) is 0 Å². The van der Waals surface area contributed by atoms with Gasteiger partial charge in [-0.2, -0.15) is 0 Å². The molecule has 0 spiro atoms. The average Bonchev–Trinajstić information content (AvgIpc) is 1.99. The zero-order valence-electron chi connectivity index (χ0n) is 9.47. The Kier molecular flexibility index (Phi) is 3.88. The molecule has 0 saturated heterocycles. The molecule has 1 N–H and O–H groups in total. The molecule has 1 aromatic rings. The highest BCUT2D eigenvalue weighted by atomic mass is 35.5. The van der Waals surface area contributed by atoms with Gasteiger partial charge in [0, 0.05) is 18.7 Å². The van der Waals surface area contributed by atoms with Crippen molar-refractivity contribution in [1.29, 1.82) is 0 Å². The molecule has 4 nitrogen and oxygen atoms in total. The Morgan fingerprint density at radius 1 is 1.40 bits per heavy atom. The predicted molar refractivity (Wildman–Crippen MR) is 61.1 cm³/mol. The number of ether oxygens (including phenoxy) is 1. The highest BCUT2D eigenvalue weighted by Gasteiger charge is 2.11. The van der Waals surface area contributed by atoms with Crippen LogP contribution in [-0.2, 0) is 11.3 Å². The maximum absolute atomic E-state index is 5.87. The lowest BCUT2D eigenvalue weighted by atomic mass is 10.1. The van der Waals surface area contributed by atoms with Crippen LogP contribution in [0.5, 0.6) is 0 Å². The standard InChI is InChI=1S/C10H16ClN3O/c1-10(2,3)14-8-5-7(11)12-9(13-8)6-15-4/h5H,6H2,1-4H3,(H,12,13,14). The summed E-state index contributed by atoms with van der Waals surface area (Å²) in [6.07, 6.45) is 0. The molecule has 0 atom stereocenters. The molecule has 0 aromatic carbocycles. The third-order valence-electron chi connectivity index (χ3n) is 1.52. The Hall–Kier alpha value is -0.870. The van der Waals surface area contributed by atoms with Gasteiger partial charge in [0.1, 0.15) is 17.6 Å². The van der Waals surface area contributed by atoms with Crippen molar-refractivity contribution in [2.24, 2.45) is 0 Å². The van der Waals surface area contributed by atoms with Crippen molar-refractivity contribution >= 4 is 17.4 Å². The summed E-state index contributed by atoms with van der Waals surface area (Å²) in [5.74, 6) is 1.30. The second-order valence-corrected chi connectivity index (χ2v) is 4.69. The minimum absolute atomic E-state index is 0.0535. The first-order valence-corrected chi connectivity index (χ1v) is 5.09. The van der Waals surface area contributed by atoms with E-state index in [0.717, 1.165) is 5.82 Å². The first-order valence-electron chi connectivity index (χ1n) is 4.71. The van der Waals surface area contributed by atoms with Gasteiger partial charge in [-0.15, -0.1) is 0 Å². The summed E-state index contributed by atoms with van der Waals surface area (Å²) >= 11 is 5.87. The van der Waals surface area contributed by atoms with Crippen LogP contribution in [0.15, 0.2) is 6.07 Å². The molecular formula is C10H16ClN3O. The molecule has 84 valence electrons. The summed E-state index contributed by atoms with van der Waals surface area (Å²) in [5, 5.41) is 3.65. The summed E-state index contributed by atoms with van der Waals surface area (Å²) in [6, 6.07) is 1.70. The van der Waals surface area contributed by atoms with Crippen LogP contribution >= 0.6 is 11.6 Å². The molecule has 0 amide bonds. The SMILES string of the molecule is COCc1nc(Cl)cc(NC(C)(C)C)n1. The van der Waals surface area contributed by atoms with Gasteiger partial charge in [0.25, 0.3) is 0 Å². The van der Waals surface area contributed by atoms with Gasteiger partial charge in [-0.25, -0.2) is 9.97 Å². The topological polar surface area (TPSA) is 47.0 Å². The fourth-order valence-corrected chi connectivity index (χ4v) is 1.31. The van der Waals surface area contributed by atoms with E-state index in [1.54, 1.807) is 13.2 Å². The van der Waals surface area contributed by atoms with Crippen LogP contribution in [-0.4, -0.2) is 22.6 Å². The second kappa shape index (κ2) is 4.77. The van der Waals surface area contributed by atoms with Crippen molar-refractivity contribution in [2.75, 3.05) is 12.4 Å². The number of halogens is 1. The first kappa shape index (κ1) is 12.2. The summed E-state index contributed by atoms with van der Waals surface area (Å²) in [4.78, 5) is 8.32. The third-order valence-corrected chi connectivity index (χ3v) is 1.71. The minimum Gasteiger partial charge on any atom is -0.377 e. The van der Waals surface area contributed by atoms with Crippen LogP contribution in [0, 0.1) is 0 Å². The van der Waals surface area contributed by atoms with Crippen LogP contribution in [0.3, 0.4) is 0 Å². The lowest BCUT2D eigenvalue weighted by molar-refractivity contribution is 0.178. The number of aromatic nitrogens is 2. The average molecular weight is 230 g/mol. The van der Waals surface area contributed by atoms with Gasteiger partial charge in [-0.3, -0.25) is 0 Å². The molecular weight excluding hydrogens is 214 g/mol. The van der Waals surface area contributed by atoms with Gasteiger partial charge in [0.05, 0.1) is 0 Å². The van der Waals surface area contributed by atoms with E-state index >= 15 is 0 Å². The van der Waals surface area contributed by atoms with E-state index in [0.29, 0.717) is 17.6 Å². The quantitative estimate of drug-likeness (QED) is 0.809. The van der Waals surface area contributed by atoms with Crippen molar-refractivity contribution < 1.29 is 4.74 Å². The van der Waals surface area contributed by atoms with Gasteiger partial charge < -0.3 is 10.1 Å². The van der Waals surface area contributed by atoms with Crippen molar-refractivity contribution in [3.63, 3.8) is 0 Å². The maximum atomic E-state index is 5.87. The molecule has 0 aliphatic heterocycles. The van der Waals surface area contributed by atoms with E-state index in [-0.39, 0.29) is 5.54 Å². The molecule has 0 radical (unpaired) electrons. The highest BCUT2D eigenvalue weighted by molar-refractivity contribution is 6.29. The lowest BCUT2D eigenvalue weighted by Gasteiger charge is -2.21. The molecule has 0 bridgehead atoms. The van der Waals surface area contributed by atoms with Gasteiger partial charge >= 0.3 is 0 Å². The molecule has 0 fully saturated rings. The van der Waals surface area contributed by atoms with Gasteiger partial charge in [-0.1, -0.05) is 11.6 Å². The highest BCUT2D eigenvalue weighted by Crippen LogP contribution is 2.16. The smallest absolute Gasteiger partial charge is 0.158 e. The van der Waals surface area contributed by atoms with Gasteiger partial charge in [0.15, 0.2) is 5.82 Å². The number of hydrogen-bond donors (Lipinski definition) is 1. The maximum Gasteiger partial charge on any atom is 0.158 e. The Balaban J connectivity index is 2.88. The fraction of sp³-hybridized carbons (Fsp3) is 0.600. The Morgan fingerprint density at radius 3 is 2.60 bits per heavy atom. The first-order chi connectivity index (χ1) is 6.90. The summed E-state index contributed by atoms with van der Waals surface area (Å²) in [6.45, 7) is 6.52. The Bertz CT molecular complexity index is 336. The Morgan fingerprint density at radius 2 is 2.07 bits per heavy atom. The molecule has 1 aromatic heterocycles. The monoisotopic (exact) mass is 229 g/mol. The minimum atomic E-state index is -0.0535. The van der Waals surface area contributed by atoms with Crippen LogP contribution in [0.1, 0.15) is 26.6 Å². The van der Waals surface area contributed by atoms with Crippen LogP contribution in [0.2, 0.25) is 5.15 Å². The summed E-state index contributed by atoms with van der Waals surface area (Å²) < 4.78 is 4.96. The van der Waals surface area contributed by atoms with E-state index in [2.05, 4.69) is 36.1 Å². The van der Waals surface area contributed by atoms with E-state index in [1.165, 1.54) is 0 Å². The largest absolute Gasteiger partial charge is 0.377 e. The molecule has 0 saturated carbocycles. The van der Waals surface area contributed by atoms with Crippen LogP contribution in [0.25, 0.3) is 0 Å². The summed E-state index contributed by atoms with van der Waals surface area (Å²) in [5.41, 5.74) is -0.0535. The second-order valence-electron chi connectivity index (χ2n) is 4.30. The molecule has 5 heteroatoms. The molecule has 0 unspecified atom stereocenters. The molecule has 0 aliphatic rings. The summed E-state index contributed by atoms with van der Waals surface area (Å²) in [7, 11) is 1.60. The zero-order valence-corrected chi connectivity index (χ0v) is 10.2. The normalized spacial score (nSPS) is 11.5. The number of nitrogens with one attached hydrogen (secondary N) is 1. The van der Waals surface area contributed by atoms with E-state index in [9.17, 15) is 0 Å². The number of rotatable bonds is 3. The van der Waals surface area contributed by atoms with Crippen molar-refractivity contribution in [3.8, 4) is 0 Å². The van der Waals surface area contributed by atoms with Crippen molar-refractivity contribution in [2.45, 2.75) is 32.9 Å². The van der Waals surface area contributed by atoms with E-state index in [4.69, 9.17) is 16.3 Å². The fourth-order valence-electron chi connectivity index (χ4n) is 1.11. The van der Waals surface area contributed by atoms with Crippen molar-refractivity contribution in [1.82, 2.24) is 9.97 Å². The van der Waals surface area contributed by atoms with E-state index in [1.807, 2.05) is 0 Å². The molecule has 1 heterocycles. The predicted octanol–water partition coefficient (Wildman–Crippen LogP) is 2.49. The number of anilines is 1. The number of hydrogen-bond acceptors (Lipinski definition) is 4. The molecule has 0 aliphatic carbocycles. The lowest BCUT2D eigenvalue weighted by Crippen LogP contribution is -2.27. The molecule has 15 heavy (non-hydrogen) atoms. The number of nitrogens with zero attached hydrogens (tertiary/aromatic N) is 2. The zero-order chi connectivity index (χ0) is 11.5. The van der Waals surface area contributed by atoms with Crippen LogP contribution in [0.4, 0.5) is 5.82 Å². The van der Waals surface area contributed by atoms with Crippen LogP contribution < -0.4 is 5.32 Å². The Labute approximate surface area is 95.0 Å².